The highest BCUT2D eigenvalue weighted by Crippen LogP contribution is 2.43. The third kappa shape index (κ3) is 5.47. The average Bonchev–Trinajstić information content (AvgIpc) is 2.67. The summed E-state index contributed by atoms with van der Waals surface area (Å²) in [7, 11) is -1.33. The molecule has 1 aromatic rings. The summed E-state index contributed by atoms with van der Waals surface area (Å²) in [5.74, 6) is 0. The highest BCUT2D eigenvalue weighted by Gasteiger charge is 2.43. The molecule has 11 heteroatoms. The first-order valence-electron chi connectivity index (χ1n) is 8.35. The molecular weight excluding hydrogens is 381 g/mol. The van der Waals surface area contributed by atoms with Crippen LogP contribution < -0.4 is 5.32 Å². The second-order valence-corrected chi connectivity index (χ2v) is 7.80. The van der Waals surface area contributed by atoms with Gasteiger partial charge in [-0.25, -0.2) is 4.57 Å². The van der Waals surface area contributed by atoms with Crippen LogP contribution in [0, 0.1) is 0 Å². The normalized spacial score (nSPS) is 30.7. The number of aliphatic hydroxyl groups is 4. The molecule has 1 fully saturated rings. The smallest absolute Gasteiger partial charge is 0.394 e. The summed E-state index contributed by atoms with van der Waals surface area (Å²) in [6.07, 6.45) is -5.75. The number of hydrogen-bond acceptors (Lipinski definition) is 9. The molecule has 1 aliphatic heterocycles. The van der Waals surface area contributed by atoms with Gasteiger partial charge in [-0.05, 0) is 17.2 Å². The zero-order valence-electron chi connectivity index (χ0n) is 15.1. The van der Waals surface area contributed by atoms with Gasteiger partial charge in [0, 0.05) is 26.3 Å². The number of ether oxygens (including phenoxy) is 1. The van der Waals surface area contributed by atoms with E-state index in [-0.39, 0.29) is 13.0 Å². The molecular formula is C16H26NO9P. The van der Waals surface area contributed by atoms with Crippen LogP contribution in [0.3, 0.4) is 0 Å². The molecule has 0 aliphatic carbocycles. The number of hydrogen-bond donors (Lipinski definition) is 6. The fourth-order valence-electron chi connectivity index (χ4n) is 2.90. The first kappa shape index (κ1) is 22.2. The van der Waals surface area contributed by atoms with Crippen LogP contribution in [-0.2, 0) is 31.4 Å². The molecule has 2 rings (SSSR count). The average molecular weight is 407 g/mol. The number of benzene rings is 1. The Hall–Kier alpha value is -1.07. The van der Waals surface area contributed by atoms with Crippen molar-refractivity contribution < 1.29 is 43.7 Å². The molecule has 0 aromatic heterocycles. The van der Waals surface area contributed by atoms with Crippen molar-refractivity contribution in [1.82, 2.24) is 0 Å². The fourth-order valence-corrected chi connectivity index (χ4v) is 3.31. The second-order valence-electron chi connectivity index (χ2n) is 6.24. The molecule has 1 saturated heterocycles. The minimum absolute atomic E-state index is 0.142. The van der Waals surface area contributed by atoms with Crippen LogP contribution in [0.25, 0.3) is 0 Å². The van der Waals surface area contributed by atoms with Gasteiger partial charge in [-0.15, -0.1) is 0 Å². The number of phosphoric ester groups is 1. The van der Waals surface area contributed by atoms with Gasteiger partial charge in [0.15, 0.2) is 0 Å². The highest BCUT2D eigenvalue weighted by atomic mass is 31.2. The molecule has 154 valence electrons. The predicted molar refractivity (Wildman–Crippen MR) is 95.1 cm³/mol. The van der Waals surface area contributed by atoms with Crippen molar-refractivity contribution in [3.8, 4) is 0 Å². The van der Waals surface area contributed by atoms with E-state index in [0.29, 0.717) is 11.3 Å². The first-order chi connectivity index (χ1) is 12.7. The van der Waals surface area contributed by atoms with Gasteiger partial charge in [-0.3, -0.25) is 9.05 Å². The predicted octanol–water partition coefficient (Wildman–Crippen LogP) is -0.623. The zero-order chi connectivity index (χ0) is 20.2. The largest absolute Gasteiger partial charge is 0.472 e. The highest BCUT2D eigenvalue weighted by molar-refractivity contribution is 7.47. The van der Waals surface area contributed by atoms with Crippen molar-refractivity contribution in [2.75, 3.05) is 26.1 Å². The van der Waals surface area contributed by atoms with Crippen LogP contribution in [0.15, 0.2) is 18.2 Å². The Morgan fingerprint density at radius 1 is 1.19 bits per heavy atom. The molecule has 0 amide bonds. The maximum absolute atomic E-state index is 11.4. The van der Waals surface area contributed by atoms with Gasteiger partial charge >= 0.3 is 7.82 Å². The van der Waals surface area contributed by atoms with Crippen molar-refractivity contribution >= 4 is 13.5 Å². The molecule has 0 saturated carbocycles. The molecule has 0 radical (unpaired) electrons. The lowest BCUT2D eigenvalue weighted by atomic mass is 9.91. The molecule has 6 N–H and O–H groups in total. The van der Waals surface area contributed by atoms with Crippen molar-refractivity contribution in [2.45, 2.75) is 43.5 Å². The summed E-state index contributed by atoms with van der Waals surface area (Å²) < 4.78 is 26.1. The Bertz CT molecular complexity index is 671. The summed E-state index contributed by atoms with van der Waals surface area (Å²) in [4.78, 5) is 9.29. The summed E-state index contributed by atoms with van der Waals surface area (Å²) in [6, 6.07) is 5.10. The standard InChI is InChI=1S/C16H26NO9P/c1-17-11-5-9(8-25-27(22,23)24-2)3-4-10(11)6-12-14(19)16(21)15(20)13(7-18)26-12/h3-5,12-21H,6-8H2,1-2H3,(H,22,23). The van der Waals surface area contributed by atoms with Gasteiger partial charge in [-0.2, -0.15) is 0 Å². The van der Waals surface area contributed by atoms with Crippen LogP contribution in [0.4, 0.5) is 5.69 Å². The van der Waals surface area contributed by atoms with Gasteiger partial charge < -0.3 is 35.4 Å². The summed E-state index contributed by atoms with van der Waals surface area (Å²) in [6.45, 7) is -0.631. The molecule has 10 nitrogen and oxygen atoms in total. The molecule has 6 unspecified atom stereocenters. The van der Waals surface area contributed by atoms with E-state index in [1.807, 2.05) is 0 Å². The summed E-state index contributed by atoms with van der Waals surface area (Å²) in [5, 5.41) is 42.2. The monoisotopic (exact) mass is 407 g/mol. The first-order valence-corrected chi connectivity index (χ1v) is 9.85. The number of anilines is 1. The zero-order valence-corrected chi connectivity index (χ0v) is 16.0. The van der Waals surface area contributed by atoms with Crippen LogP contribution in [0.1, 0.15) is 11.1 Å². The number of nitrogens with one attached hydrogen (secondary N) is 1. The van der Waals surface area contributed by atoms with Crippen LogP contribution in [0.5, 0.6) is 0 Å². The summed E-state index contributed by atoms with van der Waals surface area (Å²) >= 11 is 0. The van der Waals surface area contributed by atoms with E-state index in [1.54, 1.807) is 25.2 Å². The maximum atomic E-state index is 11.4. The second kappa shape index (κ2) is 9.42. The molecule has 27 heavy (non-hydrogen) atoms. The van der Waals surface area contributed by atoms with Crippen LogP contribution in [-0.4, -0.2) is 76.6 Å². The minimum Gasteiger partial charge on any atom is -0.394 e. The van der Waals surface area contributed by atoms with Crippen molar-refractivity contribution in [3.05, 3.63) is 29.3 Å². The van der Waals surface area contributed by atoms with E-state index < -0.39 is 44.9 Å². The van der Waals surface area contributed by atoms with E-state index >= 15 is 0 Å². The van der Waals surface area contributed by atoms with Gasteiger partial charge in [0.25, 0.3) is 0 Å². The SMILES string of the molecule is CNc1cc(COP(=O)(O)OC)ccc1CC1OC(CO)C(O)C(O)C1O. The Morgan fingerprint density at radius 3 is 2.44 bits per heavy atom. The van der Waals surface area contributed by atoms with Crippen molar-refractivity contribution in [2.24, 2.45) is 0 Å². The van der Waals surface area contributed by atoms with Crippen LogP contribution in [0.2, 0.25) is 0 Å². The molecule has 1 aromatic carbocycles. The number of rotatable bonds is 8. The number of aliphatic hydroxyl groups excluding tert-OH is 4. The van der Waals surface area contributed by atoms with E-state index in [9.17, 15) is 29.9 Å². The molecule has 1 heterocycles. The third-order valence-corrected chi connectivity index (χ3v) is 5.40. The van der Waals surface area contributed by atoms with Crippen LogP contribution >= 0.6 is 7.82 Å². The Balaban J connectivity index is 2.13. The lowest BCUT2D eigenvalue weighted by molar-refractivity contribution is -0.228. The minimum atomic E-state index is -4.08. The van der Waals surface area contributed by atoms with E-state index in [2.05, 4.69) is 9.84 Å². The van der Waals surface area contributed by atoms with Gasteiger partial charge in [0.05, 0.1) is 19.3 Å². The topological polar surface area (TPSA) is 158 Å². The van der Waals surface area contributed by atoms with Crippen molar-refractivity contribution in [1.29, 1.82) is 0 Å². The quantitative estimate of drug-likeness (QED) is 0.307. The third-order valence-electron chi connectivity index (χ3n) is 4.48. The maximum Gasteiger partial charge on any atom is 0.472 e. The lowest BCUT2D eigenvalue weighted by Gasteiger charge is -2.40. The molecule has 0 spiro atoms. The fraction of sp³-hybridized carbons (Fsp3) is 0.625. The Labute approximate surface area is 156 Å². The molecule has 0 bridgehead atoms. The van der Waals surface area contributed by atoms with Crippen molar-refractivity contribution in [3.63, 3.8) is 0 Å². The summed E-state index contributed by atoms with van der Waals surface area (Å²) in [5.41, 5.74) is 2.02. The molecule has 6 atom stereocenters. The Kier molecular flexibility index (Phi) is 7.75. The van der Waals surface area contributed by atoms with Gasteiger partial charge in [-0.1, -0.05) is 12.1 Å². The van der Waals surface area contributed by atoms with Gasteiger partial charge in [0.2, 0.25) is 0 Å². The van der Waals surface area contributed by atoms with E-state index in [0.717, 1.165) is 12.7 Å². The number of phosphoric acid groups is 1. The Morgan fingerprint density at radius 2 is 1.85 bits per heavy atom. The van der Waals surface area contributed by atoms with E-state index in [1.165, 1.54) is 0 Å². The van der Waals surface area contributed by atoms with Gasteiger partial charge in [0.1, 0.15) is 24.4 Å². The lowest BCUT2D eigenvalue weighted by Crippen LogP contribution is -2.59. The van der Waals surface area contributed by atoms with E-state index in [4.69, 9.17) is 9.26 Å². The molecule has 1 aliphatic rings.